The highest BCUT2D eigenvalue weighted by Gasteiger charge is 2.27. The van der Waals surface area contributed by atoms with Gasteiger partial charge in [-0.05, 0) is 45.2 Å². The molecule has 0 aliphatic carbocycles. The maximum absolute atomic E-state index is 12.5. The number of nitrogens with one attached hydrogen (secondary N) is 1. The Morgan fingerprint density at radius 3 is 2.50 bits per heavy atom. The molecule has 0 radical (unpaired) electrons. The molecule has 1 aromatic carbocycles. The van der Waals surface area contributed by atoms with Crippen molar-refractivity contribution in [3.63, 3.8) is 0 Å². The van der Waals surface area contributed by atoms with Crippen molar-refractivity contribution in [1.82, 2.24) is 10.2 Å². The first-order valence-electron chi connectivity index (χ1n) is 7.61. The van der Waals surface area contributed by atoms with Gasteiger partial charge in [-0.2, -0.15) is 0 Å². The van der Waals surface area contributed by atoms with Gasteiger partial charge in [0.1, 0.15) is 11.6 Å². The molecule has 0 spiro atoms. The Bertz CT molecular complexity index is 563. The monoisotopic (exact) mass is 304 g/mol. The highest BCUT2D eigenvalue weighted by atomic mass is 16.6. The third-order valence-electron chi connectivity index (χ3n) is 3.55. The zero-order valence-electron chi connectivity index (χ0n) is 13.7. The molecule has 1 heterocycles. The number of hydrogen-bond acceptors (Lipinski definition) is 3. The zero-order valence-corrected chi connectivity index (χ0v) is 13.7. The first-order valence-corrected chi connectivity index (χ1v) is 7.61. The summed E-state index contributed by atoms with van der Waals surface area (Å²) in [5.74, 6) is -0.0830. The van der Waals surface area contributed by atoms with E-state index in [0.717, 1.165) is 6.42 Å². The second-order valence-corrected chi connectivity index (χ2v) is 6.65. The number of amides is 2. The minimum atomic E-state index is -0.597. The number of carbonyl (C=O) groups excluding carboxylic acids is 2. The normalized spacial score (nSPS) is 15.7. The van der Waals surface area contributed by atoms with E-state index in [1.165, 1.54) is 11.1 Å². The number of hydrogen-bond donors (Lipinski definition) is 1. The van der Waals surface area contributed by atoms with Crippen LogP contribution in [0.5, 0.6) is 0 Å². The molecular formula is C17H24N2O3. The molecular weight excluding hydrogens is 280 g/mol. The van der Waals surface area contributed by atoms with E-state index in [1.54, 1.807) is 32.6 Å². The van der Waals surface area contributed by atoms with Gasteiger partial charge in [-0.25, -0.2) is 4.79 Å². The van der Waals surface area contributed by atoms with E-state index in [4.69, 9.17) is 4.74 Å². The fourth-order valence-corrected chi connectivity index (χ4v) is 2.50. The highest BCUT2D eigenvalue weighted by molar-refractivity contribution is 5.85. The van der Waals surface area contributed by atoms with E-state index in [2.05, 4.69) is 11.4 Å². The second-order valence-electron chi connectivity index (χ2n) is 6.65. The summed E-state index contributed by atoms with van der Waals surface area (Å²) < 4.78 is 5.18. The standard InChI is InChI=1S/C17H24N2O3/c1-12(18-16(21)22-17(2,3)4)15(20)19-10-9-13-7-5-6-8-14(13)11-19/h5-8,12H,9-11H2,1-4H3,(H,18,21). The quantitative estimate of drug-likeness (QED) is 0.913. The summed E-state index contributed by atoms with van der Waals surface area (Å²) in [6.07, 6.45) is 0.284. The average Bonchev–Trinajstić information content (AvgIpc) is 2.43. The van der Waals surface area contributed by atoms with Crippen LogP contribution in [-0.4, -0.2) is 35.1 Å². The number of ether oxygens (including phenoxy) is 1. The molecule has 5 nitrogen and oxygen atoms in total. The molecule has 0 saturated heterocycles. The molecule has 0 saturated carbocycles. The Morgan fingerprint density at radius 1 is 1.23 bits per heavy atom. The Morgan fingerprint density at radius 2 is 1.86 bits per heavy atom. The Kier molecular flexibility index (Phi) is 4.74. The third kappa shape index (κ3) is 4.23. The fraction of sp³-hybridized carbons (Fsp3) is 0.529. The molecule has 1 N–H and O–H groups in total. The van der Waals surface area contributed by atoms with Gasteiger partial charge < -0.3 is 15.0 Å². The van der Waals surface area contributed by atoms with Crippen molar-refractivity contribution in [3.05, 3.63) is 35.4 Å². The van der Waals surface area contributed by atoms with Crippen molar-refractivity contribution in [2.75, 3.05) is 6.54 Å². The molecule has 1 atom stereocenters. The summed E-state index contributed by atoms with van der Waals surface area (Å²) in [7, 11) is 0. The average molecular weight is 304 g/mol. The van der Waals surface area contributed by atoms with Crippen LogP contribution in [-0.2, 0) is 22.5 Å². The van der Waals surface area contributed by atoms with Crippen molar-refractivity contribution in [2.45, 2.75) is 52.3 Å². The number of carbonyl (C=O) groups is 2. The minimum absolute atomic E-state index is 0.0830. The number of nitrogens with zero attached hydrogens (tertiary/aromatic N) is 1. The Labute approximate surface area is 131 Å². The van der Waals surface area contributed by atoms with E-state index in [9.17, 15) is 9.59 Å². The molecule has 1 aliphatic heterocycles. The van der Waals surface area contributed by atoms with Gasteiger partial charge in [-0.15, -0.1) is 0 Å². The van der Waals surface area contributed by atoms with Crippen molar-refractivity contribution >= 4 is 12.0 Å². The topological polar surface area (TPSA) is 58.6 Å². The van der Waals surface area contributed by atoms with Crippen LogP contribution in [0.2, 0.25) is 0 Å². The van der Waals surface area contributed by atoms with Gasteiger partial charge in [0, 0.05) is 13.1 Å². The molecule has 0 bridgehead atoms. The molecule has 0 aromatic heterocycles. The van der Waals surface area contributed by atoms with E-state index < -0.39 is 17.7 Å². The van der Waals surface area contributed by atoms with E-state index in [-0.39, 0.29) is 5.91 Å². The summed E-state index contributed by atoms with van der Waals surface area (Å²) in [5, 5.41) is 2.61. The lowest BCUT2D eigenvalue weighted by molar-refractivity contribution is -0.134. The van der Waals surface area contributed by atoms with Crippen LogP contribution in [0.3, 0.4) is 0 Å². The minimum Gasteiger partial charge on any atom is -0.444 e. The van der Waals surface area contributed by atoms with Crippen molar-refractivity contribution < 1.29 is 14.3 Å². The van der Waals surface area contributed by atoms with Crippen molar-refractivity contribution in [3.8, 4) is 0 Å². The first kappa shape index (κ1) is 16.3. The number of fused-ring (bicyclic) bond motifs is 1. The summed E-state index contributed by atoms with van der Waals surface area (Å²) in [4.78, 5) is 26.0. The SMILES string of the molecule is CC(NC(=O)OC(C)(C)C)C(=O)N1CCc2ccccc2C1. The molecule has 1 aliphatic rings. The van der Waals surface area contributed by atoms with Crippen LogP contribution >= 0.6 is 0 Å². The zero-order chi connectivity index (χ0) is 16.3. The molecule has 22 heavy (non-hydrogen) atoms. The predicted octanol–water partition coefficient (Wildman–Crippen LogP) is 2.48. The number of alkyl carbamates (subject to hydrolysis) is 1. The molecule has 5 heteroatoms. The lowest BCUT2D eigenvalue weighted by atomic mass is 9.99. The van der Waals surface area contributed by atoms with E-state index in [1.807, 2.05) is 18.2 Å². The Balaban J connectivity index is 1.93. The summed E-state index contributed by atoms with van der Waals surface area (Å²) in [6, 6.07) is 7.54. The molecule has 2 amide bonds. The fourth-order valence-electron chi connectivity index (χ4n) is 2.50. The maximum Gasteiger partial charge on any atom is 0.408 e. The van der Waals surface area contributed by atoms with Gasteiger partial charge in [-0.3, -0.25) is 4.79 Å². The van der Waals surface area contributed by atoms with Gasteiger partial charge in [0.05, 0.1) is 0 Å². The van der Waals surface area contributed by atoms with Crippen LogP contribution in [0.25, 0.3) is 0 Å². The number of rotatable bonds is 2. The summed E-state index contributed by atoms with van der Waals surface area (Å²) in [6.45, 7) is 8.33. The van der Waals surface area contributed by atoms with Gasteiger partial charge >= 0.3 is 6.09 Å². The predicted molar refractivity (Wildman–Crippen MR) is 84.4 cm³/mol. The maximum atomic E-state index is 12.5. The van der Waals surface area contributed by atoms with Crippen molar-refractivity contribution in [1.29, 1.82) is 0 Å². The van der Waals surface area contributed by atoms with Crippen molar-refractivity contribution in [2.24, 2.45) is 0 Å². The van der Waals surface area contributed by atoms with Gasteiger partial charge in [0.15, 0.2) is 0 Å². The van der Waals surface area contributed by atoms with Crippen LogP contribution < -0.4 is 5.32 Å². The van der Waals surface area contributed by atoms with Crippen LogP contribution in [0.1, 0.15) is 38.8 Å². The van der Waals surface area contributed by atoms with Gasteiger partial charge in [0.25, 0.3) is 0 Å². The van der Waals surface area contributed by atoms with E-state index in [0.29, 0.717) is 13.1 Å². The van der Waals surface area contributed by atoms with Gasteiger partial charge in [0.2, 0.25) is 5.91 Å². The summed E-state index contributed by atoms with van der Waals surface area (Å²) in [5.41, 5.74) is 1.89. The van der Waals surface area contributed by atoms with Crippen LogP contribution in [0, 0.1) is 0 Å². The van der Waals surface area contributed by atoms with E-state index >= 15 is 0 Å². The second kappa shape index (κ2) is 6.38. The van der Waals surface area contributed by atoms with Gasteiger partial charge in [-0.1, -0.05) is 24.3 Å². The Hall–Kier alpha value is -2.04. The molecule has 2 rings (SSSR count). The molecule has 0 fully saturated rings. The summed E-state index contributed by atoms with van der Waals surface area (Å²) >= 11 is 0. The van der Waals surface area contributed by atoms with Crippen LogP contribution in [0.15, 0.2) is 24.3 Å². The first-order chi connectivity index (χ1) is 10.3. The highest BCUT2D eigenvalue weighted by Crippen LogP contribution is 2.19. The largest absolute Gasteiger partial charge is 0.444 e. The lowest BCUT2D eigenvalue weighted by Crippen LogP contribution is -2.49. The lowest BCUT2D eigenvalue weighted by Gasteiger charge is -2.31. The number of benzene rings is 1. The van der Waals surface area contributed by atoms with Crippen LogP contribution in [0.4, 0.5) is 4.79 Å². The molecule has 1 aromatic rings. The molecule has 120 valence electrons. The third-order valence-corrected chi connectivity index (χ3v) is 3.55. The molecule has 1 unspecified atom stereocenters. The smallest absolute Gasteiger partial charge is 0.408 e.